The first kappa shape index (κ1) is 14.6. The molecule has 1 heterocycles. The van der Waals surface area contributed by atoms with E-state index in [2.05, 4.69) is 11.0 Å². The van der Waals surface area contributed by atoms with Crippen LogP contribution in [-0.2, 0) is 6.54 Å². The number of halogens is 2. The van der Waals surface area contributed by atoms with Crippen molar-refractivity contribution in [1.82, 2.24) is 4.90 Å². The number of aliphatic hydroxyl groups excluding tert-OH is 1. The average Bonchev–Trinajstić information content (AvgIpc) is 3.02. The van der Waals surface area contributed by atoms with Gasteiger partial charge in [0.05, 0.1) is 16.1 Å². The molecule has 110 valence electrons. The fourth-order valence-corrected chi connectivity index (χ4v) is 4.14. The summed E-state index contributed by atoms with van der Waals surface area (Å²) < 4.78 is 0. The van der Waals surface area contributed by atoms with Gasteiger partial charge in [-0.3, -0.25) is 4.90 Å². The van der Waals surface area contributed by atoms with Gasteiger partial charge < -0.3 is 5.11 Å². The zero-order valence-corrected chi connectivity index (χ0v) is 13.1. The van der Waals surface area contributed by atoms with E-state index in [1.165, 1.54) is 31.2 Å². The van der Waals surface area contributed by atoms with Crippen molar-refractivity contribution in [2.24, 2.45) is 5.92 Å². The summed E-state index contributed by atoms with van der Waals surface area (Å²) in [7, 11) is 0. The maximum atomic E-state index is 10.1. The predicted octanol–water partition coefficient (Wildman–Crippen LogP) is 4.12. The number of nitrogens with zero attached hydrogens (tertiary/aromatic N) is 1. The van der Waals surface area contributed by atoms with E-state index < -0.39 is 0 Å². The molecule has 3 atom stereocenters. The Hall–Kier alpha value is -0.280. The van der Waals surface area contributed by atoms with E-state index in [9.17, 15) is 5.11 Å². The SMILES string of the molecule is OC1CCCC1C1CCCN1Cc1ccc(Cl)c(Cl)c1. The maximum Gasteiger partial charge on any atom is 0.0595 e. The minimum absolute atomic E-state index is 0.102. The molecule has 0 radical (unpaired) electrons. The second-order valence-electron chi connectivity index (χ2n) is 6.09. The summed E-state index contributed by atoms with van der Waals surface area (Å²) >= 11 is 12.1. The number of hydrogen-bond donors (Lipinski definition) is 1. The maximum absolute atomic E-state index is 10.1. The molecular formula is C16H21Cl2NO. The van der Waals surface area contributed by atoms with E-state index in [4.69, 9.17) is 23.2 Å². The van der Waals surface area contributed by atoms with Crippen LogP contribution < -0.4 is 0 Å². The molecule has 0 spiro atoms. The van der Waals surface area contributed by atoms with Crippen LogP contribution in [0.15, 0.2) is 18.2 Å². The smallest absolute Gasteiger partial charge is 0.0595 e. The van der Waals surface area contributed by atoms with Gasteiger partial charge in [-0.25, -0.2) is 0 Å². The summed E-state index contributed by atoms with van der Waals surface area (Å²) in [6, 6.07) is 6.41. The molecule has 2 fully saturated rings. The highest BCUT2D eigenvalue weighted by molar-refractivity contribution is 6.42. The van der Waals surface area contributed by atoms with Crippen molar-refractivity contribution >= 4 is 23.2 Å². The quantitative estimate of drug-likeness (QED) is 0.907. The highest BCUT2D eigenvalue weighted by atomic mass is 35.5. The summed E-state index contributed by atoms with van der Waals surface area (Å²) in [4.78, 5) is 2.51. The van der Waals surface area contributed by atoms with Gasteiger partial charge in [-0.05, 0) is 49.9 Å². The van der Waals surface area contributed by atoms with Gasteiger partial charge in [-0.1, -0.05) is 35.7 Å². The van der Waals surface area contributed by atoms with Crippen LogP contribution in [0.2, 0.25) is 10.0 Å². The average molecular weight is 314 g/mol. The molecule has 1 aromatic carbocycles. The molecule has 4 heteroatoms. The summed E-state index contributed by atoms with van der Waals surface area (Å²) in [5.74, 6) is 0.459. The van der Waals surface area contributed by atoms with Gasteiger partial charge in [0.25, 0.3) is 0 Å². The van der Waals surface area contributed by atoms with Gasteiger partial charge in [-0.15, -0.1) is 0 Å². The number of likely N-dealkylation sites (tertiary alicyclic amines) is 1. The lowest BCUT2D eigenvalue weighted by molar-refractivity contribution is 0.0719. The molecule has 1 N–H and O–H groups in total. The van der Waals surface area contributed by atoms with Crippen LogP contribution in [0.1, 0.15) is 37.7 Å². The zero-order chi connectivity index (χ0) is 14.1. The van der Waals surface area contributed by atoms with Gasteiger partial charge in [0.2, 0.25) is 0 Å². The molecule has 1 aliphatic heterocycles. The topological polar surface area (TPSA) is 23.5 Å². The van der Waals surface area contributed by atoms with Crippen molar-refractivity contribution in [1.29, 1.82) is 0 Å². The molecule has 20 heavy (non-hydrogen) atoms. The monoisotopic (exact) mass is 313 g/mol. The molecule has 1 saturated carbocycles. The summed E-state index contributed by atoms with van der Waals surface area (Å²) in [5, 5.41) is 11.4. The third kappa shape index (κ3) is 2.99. The lowest BCUT2D eigenvalue weighted by Gasteiger charge is -2.31. The Morgan fingerprint density at radius 3 is 2.65 bits per heavy atom. The van der Waals surface area contributed by atoms with E-state index in [0.29, 0.717) is 22.0 Å². The van der Waals surface area contributed by atoms with Crippen LogP contribution in [0.5, 0.6) is 0 Å². The van der Waals surface area contributed by atoms with Crippen LogP contribution in [0.4, 0.5) is 0 Å². The molecule has 2 aliphatic rings. The molecular weight excluding hydrogens is 293 g/mol. The zero-order valence-electron chi connectivity index (χ0n) is 11.6. The lowest BCUT2D eigenvalue weighted by atomic mass is 9.94. The molecule has 1 aromatic rings. The Labute approximate surface area is 130 Å². The summed E-state index contributed by atoms with van der Waals surface area (Å²) in [5.41, 5.74) is 1.21. The molecule has 0 bridgehead atoms. The normalized spacial score (nSPS) is 31.1. The van der Waals surface area contributed by atoms with Crippen molar-refractivity contribution in [3.05, 3.63) is 33.8 Å². The number of benzene rings is 1. The Kier molecular flexibility index (Phi) is 4.56. The van der Waals surface area contributed by atoms with E-state index in [0.717, 1.165) is 19.5 Å². The molecule has 3 rings (SSSR count). The van der Waals surface area contributed by atoms with Crippen LogP contribution in [0.3, 0.4) is 0 Å². The van der Waals surface area contributed by atoms with Crippen molar-refractivity contribution in [3.63, 3.8) is 0 Å². The third-order valence-electron chi connectivity index (χ3n) is 4.81. The van der Waals surface area contributed by atoms with Gasteiger partial charge in [0.1, 0.15) is 0 Å². The first-order valence-corrected chi connectivity index (χ1v) is 8.27. The third-order valence-corrected chi connectivity index (χ3v) is 5.55. The Morgan fingerprint density at radius 2 is 1.95 bits per heavy atom. The van der Waals surface area contributed by atoms with Crippen molar-refractivity contribution in [3.8, 4) is 0 Å². The summed E-state index contributed by atoms with van der Waals surface area (Å²) in [6.07, 6.45) is 5.65. The Bertz CT molecular complexity index is 480. The van der Waals surface area contributed by atoms with Crippen LogP contribution in [0.25, 0.3) is 0 Å². The van der Waals surface area contributed by atoms with E-state index in [1.807, 2.05) is 12.1 Å². The molecule has 1 aliphatic carbocycles. The second-order valence-corrected chi connectivity index (χ2v) is 6.91. The van der Waals surface area contributed by atoms with Crippen LogP contribution in [-0.4, -0.2) is 28.7 Å². The van der Waals surface area contributed by atoms with Gasteiger partial charge >= 0.3 is 0 Å². The first-order valence-electron chi connectivity index (χ1n) is 7.51. The standard InChI is InChI=1S/C16H21Cl2NO/c17-13-7-6-11(9-14(13)18)10-19-8-2-4-15(19)12-3-1-5-16(12)20/h6-7,9,12,15-16,20H,1-5,8,10H2. The Morgan fingerprint density at radius 1 is 1.10 bits per heavy atom. The molecule has 0 aromatic heterocycles. The predicted molar refractivity (Wildman–Crippen MR) is 83.2 cm³/mol. The van der Waals surface area contributed by atoms with Gasteiger partial charge in [0.15, 0.2) is 0 Å². The van der Waals surface area contributed by atoms with Crippen molar-refractivity contribution < 1.29 is 5.11 Å². The number of hydrogen-bond acceptors (Lipinski definition) is 2. The second kappa shape index (κ2) is 6.23. The summed E-state index contributed by atoms with van der Waals surface area (Å²) in [6.45, 7) is 2.03. The fraction of sp³-hybridized carbons (Fsp3) is 0.625. The van der Waals surface area contributed by atoms with Crippen molar-refractivity contribution in [2.45, 2.75) is 50.8 Å². The van der Waals surface area contributed by atoms with Crippen LogP contribution in [0, 0.1) is 5.92 Å². The minimum atomic E-state index is -0.102. The van der Waals surface area contributed by atoms with Crippen LogP contribution >= 0.6 is 23.2 Å². The highest BCUT2D eigenvalue weighted by Crippen LogP contribution is 2.36. The molecule has 3 unspecified atom stereocenters. The van der Waals surface area contributed by atoms with Crippen molar-refractivity contribution in [2.75, 3.05) is 6.54 Å². The van der Waals surface area contributed by atoms with Gasteiger partial charge in [-0.2, -0.15) is 0 Å². The highest BCUT2D eigenvalue weighted by Gasteiger charge is 2.37. The fourth-order valence-electron chi connectivity index (χ4n) is 3.82. The van der Waals surface area contributed by atoms with E-state index in [-0.39, 0.29) is 6.10 Å². The van der Waals surface area contributed by atoms with E-state index in [1.54, 1.807) is 0 Å². The molecule has 0 amide bonds. The largest absolute Gasteiger partial charge is 0.393 e. The van der Waals surface area contributed by atoms with Gasteiger partial charge in [0, 0.05) is 18.5 Å². The number of aliphatic hydroxyl groups is 1. The minimum Gasteiger partial charge on any atom is -0.393 e. The Balaban J connectivity index is 1.70. The molecule has 1 saturated heterocycles. The lowest BCUT2D eigenvalue weighted by Crippen LogP contribution is -2.38. The van der Waals surface area contributed by atoms with E-state index >= 15 is 0 Å². The molecule has 2 nitrogen and oxygen atoms in total. The number of rotatable bonds is 3. The first-order chi connectivity index (χ1) is 9.65.